The molecule has 32 heavy (non-hydrogen) atoms. The van der Waals surface area contributed by atoms with Crippen molar-refractivity contribution in [1.29, 1.82) is 5.26 Å². The fraction of sp³-hybridized carbons (Fsp3) is 0.478. The molecular formula is C23H29N5O4. The normalized spacial score (nSPS) is 11.1. The molecular weight excluding hydrogens is 410 g/mol. The zero-order valence-electron chi connectivity index (χ0n) is 19.0. The van der Waals surface area contributed by atoms with Crippen LogP contribution in [0.4, 0.5) is 0 Å². The lowest BCUT2D eigenvalue weighted by molar-refractivity contribution is 0.330. The molecule has 0 amide bonds. The summed E-state index contributed by atoms with van der Waals surface area (Å²) in [7, 11) is 1.52. The summed E-state index contributed by atoms with van der Waals surface area (Å²) in [6.07, 6.45) is 2.55. The highest BCUT2D eigenvalue weighted by Gasteiger charge is 2.21. The maximum atomic E-state index is 12.8. The van der Waals surface area contributed by atoms with Crippen LogP contribution in [0, 0.1) is 17.2 Å². The molecule has 0 saturated carbocycles. The summed E-state index contributed by atoms with van der Waals surface area (Å²) in [6, 6.07) is 7.23. The van der Waals surface area contributed by atoms with Crippen LogP contribution in [0.15, 0.2) is 27.8 Å². The lowest BCUT2D eigenvalue weighted by atomic mass is 10.1. The zero-order valence-corrected chi connectivity index (χ0v) is 19.0. The van der Waals surface area contributed by atoms with Crippen LogP contribution in [0.3, 0.4) is 0 Å². The first-order valence-electron chi connectivity index (χ1n) is 10.8. The van der Waals surface area contributed by atoms with Crippen molar-refractivity contribution >= 4 is 11.2 Å². The van der Waals surface area contributed by atoms with Crippen LogP contribution in [0.25, 0.3) is 22.6 Å². The minimum atomic E-state index is -0.450. The average molecular weight is 440 g/mol. The van der Waals surface area contributed by atoms with Gasteiger partial charge in [-0.1, -0.05) is 27.2 Å². The number of benzene rings is 1. The molecule has 9 nitrogen and oxygen atoms in total. The molecule has 0 atom stereocenters. The van der Waals surface area contributed by atoms with Gasteiger partial charge in [0.15, 0.2) is 29.3 Å². The molecule has 0 bridgehead atoms. The average Bonchev–Trinajstić information content (AvgIpc) is 3.15. The Labute approximate surface area is 186 Å². The first-order valence-corrected chi connectivity index (χ1v) is 10.8. The number of nitriles is 1. The number of methoxy groups -OCH3 is 1. The fourth-order valence-electron chi connectivity index (χ4n) is 3.56. The number of H-pyrrole nitrogens is 1. The number of unbranched alkanes of at least 4 members (excludes halogenated alkanes) is 1. The number of hydrogen-bond acceptors (Lipinski definition) is 6. The van der Waals surface area contributed by atoms with Crippen molar-refractivity contribution < 1.29 is 9.47 Å². The highest BCUT2D eigenvalue weighted by atomic mass is 16.5. The number of aromatic amines is 1. The minimum absolute atomic E-state index is 0.0955. The standard InChI is InChI=1S/C23H29N5O4/c1-5-6-11-28-21-19(22(29)26-23(28)30)27(12-9-15(2)3)20(25-21)16-7-8-17(32-13-10-24)18(14-16)31-4/h7-8,14-15H,5-6,9,11-13H2,1-4H3,(H,26,29,30). The third-order valence-electron chi connectivity index (χ3n) is 5.26. The molecule has 0 unspecified atom stereocenters. The summed E-state index contributed by atoms with van der Waals surface area (Å²) in [5, 5.41) is 8.79. The largest absolute Gasteiger partial charge is 0.493 e. The second-order valence-corrected chi connectivity index (χ2v) is 8.02. The van der Waals surface area contributed by atoms with Crippen LogP contribution in [0.2, 0.25) is 0 Å². The van der Waals surface area contributed by atoms with E-state index in [-0.39, 0.29) is 6.61 Å². The van der Waals surface area contributed by atoms with Gasteiger partial charge in [0.25, 0.3) is 5.56 Å². The first kappa shape index (κ1) is 23.1. The van der Waals surface area contributed by atoms with Gasteiger partial charge < -0.3 is 14.0 Å². The SMILES string of the molecule is CCCCn1c(=O)[nH]c(=O)c2c1nc(-c1ccc(OCC#N)c(OC)c1)n2CCC(C)C. The van der Waals surface area contributed by atoms with Crippen molar-refractivity contribution in [3.63, 3.8) is 0 Å². The third kappa shape index (κ3) is 4.69. The van der Waals surface area contributed by atoms with Gasteiger partial charge in [-0.25, -0.2) is 9.78 Å². The van der Waals surface area contributed by atoms with E-state index in [2.05, 4.69) is 18.8 Å². The molecule has 0 radical (unpaired) electrons. The van der Waals surface area contributed by atoms with Gasteiger partial charge in [-0.2, -0.15) is 5.26 Å². The number of nitrogens with one attached hydrogen (secondary N) is 1. The Morgan fingerprint density at radius 3 is 2.62 bits per heavy atom. The van der Waals surface area contributed by atoms with E-state index in [1.807, 2.05) is 23.6 Å². The monoisotopic (exact) mass is 439 g/mol. The van der Waals surface area contributed by atoms with Crippen molar-refractivity contribution in [2.24, 2.45) is 5.92 Å². The van der Waals surface area contributed by atoms with E-state index in [1.54, 1.807) is 12.1 Å². The van der Waals surface area contributed by atoms with Crippen molar-refractivity contribution in [1.82, 2.24) is 19.1 Å². The maximum Gasteiger partial charge on any atom is 0.330 e. The molecule has 0 fully saturated rings. The van der Waals surface area contributed by atoms with Crippen molar-refractivity contribution in [3.8, 4) is 29.0 Å². The number of hydrogen-bond donors (Lipinski definition) is 1. The molecule has 3 rings (SSSR count). The molecule has 1 N–H and O–H groups in total. The molecule has 2 heterocycles. The van der Waals surface area contributed by atoms with E-state index in [0.29, 0.717) is 47.5 Å². The predicted octanol–water partition coefficient (Wildman–Crippen LogP) is 3.31. The Kier molecular flexibility index (Phi) is 7.36. The lowest BCUT2D eigenvalue weighted by Gasteiger charge is -2.13. The Hall–Kier alpha value is -3.54. The van der Waals surface area contributed by atoms with Crippen molar-refractivity contribution in [2.75, 3.05) is 13.7 Å². The Morgan fingerprint density at radius 2 is 1.97 bits per heavy atom. The molecule has 2 aromatic heterocycles. The van der Waals surface area contributed by atoms with Crippen LogP contribution in [0.5, 0.6) is 11.5 Å². The molecule has 0 aliphatic heterocycles. The number of rotatable bonds is 10. The highest BCUT2D eigenvalue weighted by molar-refractivity contribution is 5.77. The summed E-state index contributed by atoms with van der Waals surface area (Å²) in [4.78, 5) is 32.6. The highest BCUT2D eigenvalue weighted by Crippen LogP contribution is 2.33. The van der Waals surface area contributed by atoms with Crippen LogP contribution in [-0.2, 0) is 13.1 Å². The lowest BCUT2D eigenvalue weighted by Crippen LogP contribution is -2.31. The number of aryl methyl sites for hydroxylation is 2. The third-order valence-corrected chi connectivity index (χ3v) is 5.26. The van der Waals surface area contributed by atoms with Crippen molar-refractivity contribution in [3.05, 3.63) is 39.0 Å². The second kappa shape index (κ2) is 10.2. The van der Waals surface area contributed by atoms with Crippen LogP contribution in [-0.4, -0.2) is 32.8 Å². The maximum absolute atomic E-state index is 12.8. The summed E-state index contributed by atoms with van der Waals surface area (Å²) >= 11 is 0. The molecule has 3 aromatic rings. The van der Waals surface area contributed by atoms with Gasteiger partial charge >= 0.3 is 5.69 Å². The summed E-state index contributed by atoms with van der Waals surface area (Å²) in [6.45, 7) is 7.24. The van der Waals surface area contributed by atoms with Gasteiger partial charge in [-0.15, -0.1) is 0 Å². The summed E-state index contributed by atoms with van der Waals surface area (Å²) in [5.41, 5.74) is 0.602. The molecule has 170 valence electrons. The van der Waals surface area contributed by atoms with Gasteiger partial charge in [0.05, 0.1) is 7.11 Å². The Balaban J connectivity index is 2.24. The van der Waals surface area contributed by atoms with Crippen LogP contribution in [0.1, 0.15) is 40.0 Å². The van der Waals surface area contributed by atoms with E-state index < -0.39 is 11.2 Å². The smallest absolute Gasteiger partial charge is 0.330 e. The Bertz CT molecular complexity index is 1250. The predicted molar refractivity (Wildman–Crippen MR) is 122 cm³/mol. The van der Waals surface area contributed by atoms with Gasteiger partial charge in [-0.3, -0.25) is 14.3 Å². The molecule has 1 aromatic carbocycles. The first-order chi connectivity index (χ1) is 15.4. The fourth-order valence-corrected chi connectivity index (χ4v) is 3.56. The van der Waals surface area contributed by atoms with E-state index in [1.165, 1.54) is 11.7 Å². The van der Waals surface area contributed by atoms with Gasteiger partial charge in [-0.05, 0) is 37.0 Å². The van der Waals surface area contributed by atoms with Crippen LogP contribution < -0.4 is 20.7 Å². The molecule has 0 aliphatic rings. The molecule has 0 aliphatic carbocycles. The summed E-state index contributed by atoms with van der Waals surface area (Å²) < 4.78 is 14.3. The van der Waals surface area contributed by atoms with E-state index in [0.717, 1.165) is 24.8 Å². The number of nitrogens with zero attached hydrogens (tertiary/aromatic N) is 4. The van der Waals surface area contributed by atoms with Crippen molar-refractivity contribution in [2.45, 2.75) is 53.1 Å². The van der Waals surface area contributed by atoms with E-state index in [9.17, 15) is 9.59 Å². The molecule has 0 saturated heterocycles. The number of ether oxygens (including phenoxy) is 2. The topological polar surface area (TPSA) is 115 Å². The number of aromatic nitrogens is 4. The van der Waals surface area contributed by atoms with Gasteiger partial charge in [0, 0.05) is 18.7 Å². The number of fused-ring (bicyclic) bond motifs is 1. The summed E-state index contributed by atoms with van der Waals surface area (Å²) in [5.74, 6) is 1.90. The second-order valence-electron chi connectivity index (χ2n) is 8.02. The van der Waals surface area contributed by atoms with Gasteiger partial charge in [0.1, 0.15) is 11.9 Å². The molecule has 0 spiro atoms. The minimum Gasteiger partial charge on any atom is -0.493 e. The van der Waals surface area contributed by atoms with Gasteiger partial charge in [0.2, 0.25) is 0 Å². The quantitative estimate of drug-likeness (QED) is 0.518. The van der Waals surface area contributed by atoms with E-state index in [4.69, 9.17) is 19.7 Å². The number of imidazole rings is 1. The molecule has 9 heteroatoms. The van der Waals surface area contributed by atoms with E-state index >= 15 is 0 Å². The van der Waals surface area contributed by atoms with Crippen LogP contribution >= 0.6 is 0 Å². The Morgan fingerprint density at radius 1 is 1.19 bits per heavy atom. The zero-order chi connectivity index (χ0) is 23.3.